The molecule has 0 unspecified atom stereocenters. The molecule has 0 bridgehead atoms. The van der Waals surface area contributed by atoms with E-state index in [1.807, 2.05) is 0 Å². The van der Waals surface area contributed by atoms with Crippen molar-refractivity contribution >= 4 is 40.5 Å². The minimum atomic E-state index is -0.642. The second-order valence-corrected chi connectivity index (χ2v) is 5.42. The van der Waals surface area contributed by atoms with Gasteiger partial charge in [-0.15, -0.1) is 6.58 Å². The van der Waals surface area contributed by atoms with E-state index in [1.165, 1.54) is 31.5 Å². The van der Waals surface area contributed by atoms with Gasteiger partial charge in [-0.05, 0) is 11.8 Å². The Labute approximate surface area is 141 Å². The van der Waals surface area contributed by atoms with Gasteiger partial charge in [0.1, 0.15) is 0 Å². The monoisotopic (exact) mass is 349 g/mol. The predicted molar refractivity (Wildman–Crippen MR) is 88.7 cm³/mol. The summed E-state index contributed by atoms with van der Waals surface area (Å²) in [5, 5.41) is 2.75. The molecule has 24 heavy (non-hydrogen) atoms. The number of amidine groups is 1. The topological polar surface area (TPSA) is 117 Å². The summed E-state index contributed by atoms with van der Waals surface area (Å²) < 4.78 is 4.53. The summed E-state index contributed by atoms with van der Waals surface area (Å²) in [6, 6.07) is 0. The molecule has 10 heteroatoms. The van der Waals surface area contributed by atoms with Gasteiger partial charge in [-0.25, -0.2) is 14.8 Å². The first-order valence-corrected chi connectivity index (χ1v) is 7.57. The average molecular weight is 349 g/mol. The maximum atomic E-state index is 12.4. The molecule has 1 aromatic rings. The summed E-state index contributed by atoms with van der Waals surface area (Å²) in [6.45, 7) is 3.79. The molecule has 0 radical (unpaired) electrons. The van der Waals surface area contributed by atoms with E-state index in [-0.39, 0.29) is 34.0 Å². The molecule has 0 aromatic carbocycles. The molecule has 0 aliphatic carbocycles. The molecule has 2 N–H and O–H groups in total. The van der Waals surface area contributed by atoms with Gasteiger partial charge in [-0.2, -0.15) is 0 Å². The largest absolute Gasteiger partial charge is 0.466 e. The van der Waals surface area contributed by atoms with Gasteiger partial charge in [0.2, 0.25) is 0 Å². The van der Waals surface area contributed by atoms with Crippen LogP contribution in [0.1, 0.15) is 10.5 Å². The first kappa shape index (κ1) is 17.5. The van der Waals surface area contributed by atoms with E-state index in [2.05, 4.69) is 31.6 Å². The van der Waals surface area contributed by atoms with Crippen LogP contribution in [0.25, 0.3) is 0 Å². The van der Waals surface area contributed by atoms with Crippen molar-refractivity contribution in [3.8, 4) is 0 Å². The molecular formula is C14H15N5O4S. The predicted octanol–water partition coefficient (Wildman–Crippen LogP) is 0.575. The summed E-state index contributed by atoms with van der Waals surface area (Å²) in [7, 11) is 2.70. The zero-order chi connectivity index (χ0) is 17.7. The van der Waals surface area contributed by atoms with Crippen LogP contribution in [0, 0.1) is 0 Å². The molecular weight excluding hydrogens is 334 g/mol. The molecule has 1 fully saturated rings. The minimum Gasteiger partial charge on any atom is -0.466 e. The number of aromatic nitrogens is 2. The van der Waals surface area contributed by atoms with Crippen LogP contribution in [0.4, 0.5) is 5.82 Å². The third-order valence-corrected chi connectivity index (χ3v) is 3.93. The molecule has 1 aliphatic heterocycles. The van der Waals surface area contributed by atoms with Crippen molar-refractivity contribution in [1.29, 1.82) is 0 Å². The Morgan fingerprint density at radius 3 is 2.96 bits per heavy atom. The smallest absolute Gasteiger partial charge is 0.331 e. The van der Waals surface area contributed by atoms with Crippen molar-refractivity contribution < 1.29 is 19.1 Å². The number of H-pyrrole nitrogens is 1. The number of carbonyl (C=O) groups is 3. The fraction of sp³-hybridized carbons (Fsp3) is 0.214. The number of nitrogens with zero attached hydrogens (tertiary/aromatic N) is 3. The molecule has 0 atom stereocenters. The van der Waals surface area contributed by atoms with E-state index in [4.69, 9.17) is 0 Å². The summed E-state index contributed by atoms with van der Waals surface area (Å²) in [6.07, 6.45) is 3.95. The maximum Gasteiger partial charge on any atom is 0.331 e. The summed E-state index contributed by atoms with van der Waals surface area (Å²) in [5.41, 5.74) is 0.169. The van der Waals surface area contributed by atoms with Gasteiger partial charge in [0, 0.05) is 19.7 Å². The van der Waals surface area contributed by atoms with Crippen LogP contribution in [-0.4, -0.2) is 58.5 Å². The van der Waals surface area contributed by atoms with Crippen LogP contribution in [0.2, 0.25) is 0 Å². The van der Waals surface area contributed by atoms with Gasteiger partial charge in [0.15, 0.2) is 16.7 Å². The molecule has 1 aromatic heterocycles. The number of carbonyl (C=O) groups excluding carboxylic acids is 3. The highest BCUT2D eigenvalue weighted by atomic mass is 32.2. The van der Waals surface area contributed by atoms with Crippen LogP contribution in [0.3, 0.4) is 0 Å². The zero-order valence-electron chi connectivity index (χ0n) is 13.0. The SMILES string of the molecule is C=CCN1C(=O)/C(=C\C(=O)OC)S/C1=N\c1nc[nH]c1C(=O)NC. The Morgan fingerprint density at radius 1 is 1.58 bits per heavy atom. The Hall–Kier alpha value is -2.88. The number of thioether (sulfide) groups is 1. The van der Waals surface area contributed by atoms with Gasteiger partial charge in [-0.3, -0.25) is 14.5 Å². The Morgan fingerprint density at radius 2 is 2.33 bits per heavy atom. The van der Waals surface area contributed by atoms with E-state index in [1.54, 1.807) is 0 Å². The lowest BCUT2D eigenvalue weighted by Crippen LogP contribution is -2.29. The van der Waals surface area contributed by atoms with Gasteiger partial charge in [0.05, 0.1) is 18.3 Å². The number of imidazole rings is 1. The normalized spacial score (nSPS) is 17.4. The summed E-state index contributed by atoms with van der Waals surface area (Å²) in [5.74, 6) is -1.29. The number of rotatable bonds is 5. The second-order valence-electron chi connectivity index (χ2n) is 4.41. The third-order valence-electron chi connectivity index (χ3n) is 2.92. The molecule has 1 saturated heterocycles. The van der Waals surface area contributed by atoms with Crippen LogP contribution >= 0.6 is 11.8 Å². The van der Waals surface area contributed by atoms with Crippen molar-refractivity contribution in [2.24, 2.45) is 4.99 Å². The molecule has 0 spiro atoms. The van der Waals surface area contributed by atoms with Gasteiger partial charge in [-0.1, -0.05) is 6.08 Å². The quantitative estimate of drug-likeness (QED) is 0.456. The van der Waals surface area contributed by atoms with Crippen molar-refractivity contribution in [2.75, 3.05) is 20.7 Å². The Kier molecular flexibility index (Phi) is 5.53. The molecule has 2 amide bonds. The minimum absolute atomic E-state index is 0.137. The molecule has 0 saturated carbocycles. The molecule has 2 rings (SSSR count). The third kappa shape index (κ3) is 3.54. The zero-order valence-corrected chi connectivity index (χ0v) is 13.8. The van der Waals surface area contributed by atoms with Crippen molar-refractivity contribution in [3.63, 3.8) is 0 Å². The van der Waals surface area contributed by atoms with Crippen molar-refractivity contribution in [1.82, 2.24) is 20.2 Å². The van der Waals surface area contributed by atoms with Crippen LogP contribution in [0.5, 0.6) is 0 Å². The number of hydrogen-bond donors (Lipinski definition) is 2. The number of esters is 1. The number of aromatic amines is 1. The van der Waals surface area contributed by atoms with Gasteiger partial charge < -0.3 is 15.0 Å². The summed E-state index contributed by atoms with van der Waals surface area (Å²) in [4.78, 5) is 47.9. The lowest BCUT2D eigenvalue weighted by Gasteiger charge is -2.12. The van der Waals surface area contributed by atoms with Crippen LogP contribution in [-0.2, 0) is 14.3 Å². The van der Waals surface area contributed by atoms with E-state index in [0.717, 1.165) is 17.8 Å². The average Bonchev–Trinajstić information content (AvgIpc) is 3.15. The van der Waals surface area contributed by atoms with E-state index in [9.17, 15) is 14.4 Å². The maximum absolute atomic E-state index is 12.4. The first-order valence-electron chi connectivity index (χ1n) is 6.76. The molecule has 126 valence electrons. The number of methoxy groups -OCH3 is 1. The number of aliphatic imine (C=N–C) groups is 1. The fourth-order valence-electron chi connectivity index (χ4n) is 1.80. The van der Waals surface area contributed by atoms with Crippen LogP contribution < -0.4 is 5.32 Å². The van der Waals surface area contributed by atoms with Gasteiger partial charge in [0.25, 0.3) is 11.8 Å². The number of nitrogens with one attached hydrogen (secondary N) is 2. The first-order chi connectivity index (χ1) is 11.5. The molecule has 9 nitrogen and oxygen atoms in total. The summed E-state index contributed by atoms with van der Waals surface area (Å²) >= 11 is 0.990. The fourth-order valence-corrected chi connectivity index (χ4v) is 2.75. The van der Waals surface area contributed by atoms with Crippen LogP contribution in [0.15, 0.2) is 35.0 Å². The molecule has 2 heterocycles. The standard InChI is InChI=1S/C14H15N5O4S/c1-4-5-19-13(22)8(6-9(20)23-3)24-14(19)18-11-10(12(21)15-2)16-7-17-11/h4,6-7H,1,5H2,2-3H3,(H,15,21)(H,16,17)/b8-6+,18-14-. The van der Waals surface area contributed by atoms with Crippen molar-refractivity contribution in [2.45, 2.75) is 0 Å². The van der Waals surface area contributed by atoms with E-state index < -0.39 is 11.9 Å². The van der Waals surface area contributed by atoms with E-state index in [0.29, 0.717) is 0 Å². The lowest BCUT2D eigenvalue weighted by atomic mass is 10.4. The Bertz CT molecular complexity index is 752. The Balaban J connectivity index is 2.40. The molecule has 1 aliphatic rings. The number of amides is 2. The highest BCUT2D eigenvalue weighted by molar-refractivity contribution is 8.18. The van der Waals surface area contributed by atoms with E-state index >= 15 is 0 Å². The lowest BCUT2D eigenvalue weighted by molar-refractivity contribution is -0.135. The van der Waals surface area contributed by atoms with Gasteiger partial charge >= 0.3 is 5.97 Å². The number of ether oxygens (including phenoxy) is 1. The highest BCUT2D eigenvalue weighted by Crippen LogP contribution is 2.32. The second kappa shape index (κ2) is 7.59. The highest BCUT2D eigenvalue weighted by Gasteiger charge is 2.34. The number of hydrogen-bond acceptors (Lipinski definition) is 7. The van der Waals surface area contributed by atoms with Crippen molar-refractivity contribution in [3.05, 3.63) is 35.7 Å².